The van der Waals surface area contributed by atoms with Crippen LogP contribution in [0.1, 0.15) is 60.5 Å². The topological polar surface area (TPSA) is 62.3 Å². The highest BCUT2D eigenvalue weighted by Crippen LogP contribution is 2.16. The number of nitrogens with zero attached hydrogens (tertiary/aromatic N) is 2. The highest BCUT2D eigenvalue weighted by Gasteiger charge is 2.30. The van der Waals surface area contributed by atoms with E-state index < -0.39 is 6.04 Å². The summed E-state index contributed by atoms with van der Waals surface area (Å²) in [6.45, 7) is 15.0. The summed E-state index contributed by atoms with van der Waals surface area (Å²) >= 11 is 0. The lowest BCUT2D eigenvalue weighted by atomic mass is 9.95. The first-order chi connectivity index (χ1) is 12.4. The summed E-state index contributed by atoms with van der Waals surface area (Å²) < 4.78 is 0. The van der Waals surface area contributed by atoms with Gasteiger partial charge in [-0.25, -0.2) is 0 Å². The molecule has 0 radical (unpaired) electrons. The fourth-order valence-electron chi connectivity index (χ4n) is 2.62. The standard InChI is InChI=1S/C19H31N3O2.C2H6/c1-6-17(22(7-2)19(24)15(5)14(3)4)18(23)21-13-10-16-8-11-20-12-9-16;1-2/h8-9,11-12,14-15,17H,6-7,10,13H2,1-5H3,(H,21,23);1-2H3. The van der Waals surface area contributed by atoms with Crippen LogP contribution < -0.4 is 5.32 Å². The maximum atomic E-state index is 12.7. The lowest BCUT2D eigenvalue weighted by Gasteiger charge is -2.32. The summed E-state index contributed by atoms with van der Waals surface area (Å²) in [6, 6.07) is 3.48. The molecule has 5 nitrogen and oxygen atoms in total. The highest BCUT2D eigenvalue weighted by atomic mass is 16.2. The molecule has 5 heteroatoms. The lowest BCUT2D eigenvalue weighted by Crippen LogP contribution is -2.51. The van der Waals surface area contributed by atoms with Crippen LogP contribution in [-0.2, 0) is 16.0 Å². The predicted octanol–water partition coefficient (Wildman–Crippen LogP) is 3.69. The van der Waals surface area contributed by atoms with E-state index in [1.54, 1.807) is 17.3 Å². The maximum Gasteiger partial charge on any atom is 0.242 e. The molecule has 0 bridgehead atoms. The van der Waals surface area contributed by atoms with Gasteiger partial charge >= 0.3 is 0 Å². The smallest absolute Gasteiger partial charge is 0.242 e. The van der Waals surface area contributed by atoms with Crippen LogP contribution in [0.3, 0.4) is 0 Å². The van der Waals surface area contributed by atoms with E-state index in [-0.39, 0.29) is 23.7 Å². The Hall–Kier alpha value is -1.91. The van der Waals surface area contributed by atoms with E-state index >= 15 is 0 Å². The Labute approximate surface area is 159 Å². The van der Waals surface area contributed by atoms with Crippen LogP contribution in [0.25, 0.3) is 0 Å². The van der Waals surface area contributed by atoms with Gasteiger partial charge in [0.25, 0.3) is 0 Å². The molecule has 1 rings (SSSR count). The number of amides is 2. The summed E-state index contributed by atoms with van der Waals surface area (Å²) in [5, 5.41) is 2.97. The fraction of sp³-hybridized carbons (Fsp3) is 0.667. The van der Waals surface area contributed by atoms with E-state index in [2.05, 4.69) is 10.3 Å². The highest BCUT2D eigenvalue weighted by molar-refractivity contribution is 5.88. The molecule has 0 aromatic carbocycles. The van der Waals surface area contributed by atoms with Crippen molar-refractivity contribution < 1.29 is 9.59 Å². The van der Waals surface area contributed by atoms with Crippen molar-refractivity contribution in [3.05, 3.63) is 30.1 Å². The largest absolute Gasteiger partial charge is 0.354 e. The minimum absolute atomic E-state index is 0.0589. The number of nitrogens with one attached hydrogen (secondary N) is 1. The van der Waals surface area contributed by atoms with E-state index in [4.69, 9.17) is 0 Å². The molecule has 1 N–H and O–H groups in total. The molecule has 2 unspecified atom stereocenters. The third-order valence-corrected chi connectivity index (χ3v) is 4.54. The van der Waals surface area contributed by atoms with Gasteiger partial charge in [0.2, 0.25) is 11.8 Å². The van der Waals surface area contributed by atoms with Gasteiger partial charge in [-0.3, -0.25) is 14.6 Å². The number of carbonyl (C=O) groups excluding carboxylic acids is 2. The second kappa shape index (κ2) is 13.3. The Bertz CT molecular complexity index is 517. The van der Waals surface area contributed by atoms with Gasteiger partial charge in [-0.1, -0.05) is 41.5 Å². The van der Waals surface area contributed by atoms with E-state index in [1.807, 2.05) is 60.6 Å². The molecule has 1 aromatic heterocycles. The molecule has 148 valence electrons. The van der Waals surface area contributed by atoms with Crippen molar-refractivity contribution in [1.82, 2.24) is 15.2 Å². The Kier molecular flexibility index (Phi) is 12.3. The summed E-state index contributed by atoms with van der Waals surface area (Å²) in [6.07, 6.45) is 4.87. The lowest BCUT2D eigenvalue weighted by molar-refractivity contribution is -0.144. The average molecular weight is 364 g/mol. The first-order valence-electron chi connectivity index (χ1n) is 9.89. The fourth-order valence-corrected chi connectivity index (χ4v) is 2.62. The number of carbonyl (C=O) groups is 2. The number of likely N-dealkylation sites (N-methyl/N-ethyl adjacent to an activating group) is 1. The van der Waals surface area contributed by atoms with Gasteiger partial charge in [-0.2, -0.15) is 0 Å². The third-order valence-electron chi connectivity index (χ3n) is 4.54. The Morgan fingerprint density at radius 1 is 1.12 bits per heavy atom. The Morgan fingerprint density at radius 3 is 2.15 bits per heavy atom. The van der Waals surface area contributed by atoms with Gasteiger partial charge in [0.05, 0.1) is 0 Å². The Morgan fingerprint density at radius 2 is 1.69 bits per heavy atom. The SMILES string of the molecule is CC.CCC(C(=O)NCCc1ccncc1)N(CC)C(=O)C(C)C(C)C. The van der Waals surface area contributed by atoms with Crippen LogP contribution in [0.5, 0.6) is 0 Å². The van der Waals surface area contributed by atoms with Crippen molar-refractivity contribution in [2.75, 3.05) is 13.1 Å². The van der Waals surface area contributed by atoms with Crippen molar-refractivity contribution in [2.24, 2.45) is 11.8 Å². The molecule has 0 aliphatic heterocycles. The first kappa shape index (κ1) is 24.1. The van der Waals surface area contributed by atoms with Gasteiger partial charge < -0.3 is 10.2 Å². The van der Waals surface area contributed by atoms with Crippen molar-refractivity contribution in [3.8, 4) is 0 Å². The number of hydrogen-bond acceptors (Lipinski definition) is 3. The minimum Gasteiger partial charge on any atom is -0.354 e. The second-order valence-electron chi connectivity index (χ2n) is 6.48. The second-order valence-corrected chi connectivity index (χ2v) is 6.48. The quantitative estimate of drug-likeness (QED) is 0.728. The van der Waals surface area contributed by atoms with Gasteiger partial charge in [0.1, 0.15) is 6.04 Å². The molecule has 0 fully saturated rings. The van der Waals surface area contributed by atoms with Crippen LogP contribution in [0, 0.1) is 11.8 Å². The minimum atomic E-state index is -0.402. The average Bonchev–Trinajstić information content (AvgIpc) is 2.67. The normalized spacial score (nSPS) is 12.6. The molecule has 0 aliphatic rings. The van der Waals surface area contributed by atoms with Crippen LogP contribution in [-0.4, -0.2) is 40.8 Å². The molecule has 1 aromatic rings. The van der Waals surface area contributed by atoms with Crippen molar-refractivity contribution in [1.29, 1.82) is 0 Å². The number of aromatic nitrogens is 1. The number of pyridine rings is 1. The van der Waals surface area contributed by atoms with Crippen LogP contribution in [0.2, 0.25) is 0 Å². The zero-order chi connectivity index (χ0) is 20.1. The third kappa shape index (κ3) is 7.54. The zero-order valence-electron chi connectivity index (χ0n) is 17.6. The monoisotopic (exact) mass is 363 g/mol. The van der Waals surface area contributed by atoms with Crippen molar-refractivity contribution in [3.63, 3.8) is 0 Å². The summed E-state index contributed by atoms with van der Waals surface area (Å²) in [7, 11) is 0. The molecule has 1 heterocycles. The van der Waals surface area contributed by atoms with E-state index in [9.17, 15) is 9.59 Å². The maximum absolute atomic E-state index is 12.7. The van der Waals surface area contributed by atoms with Gasteiger partial charge in [-0.15, -0.1) is 0 Å². The predicted molar refractivity (Wildman–Crippen MR) is 108 cm³/mol. The van der Waals surface area contributed by atoms with Gasteiger partial charge in [-0.05, 0) is 43.4 Å². The molecule has 26 heavy (non-hydrogen) atoms. The van der Waals surface area contributed by atoms with E-state index in [0.717, 1.165) is 12.0 Å². The van der Waals surface area contributed by atoms with E-state index in [1.165, 1.54) is 0 Å². The van der Waals surface area contributed by atoms with E-state index in [0.29, 0.717) is 19.5 Å². The molecule has 0 saturated heterocycles. The van der Waals surface area contributed by atoms with Crippen molar-refractivity contribution >= 4 is 11.8 Å². The van der Waals surface area contributed by atoms with Crippen LogP contribution >= 0.6 is 0 Å². The molecular weight excluding hydrogens is 326 g/mol. The Balaban J connectivity index is 0.00000301. The van der Waals surface area contributed by atoms with Crippen molar-refractivity contribution in [2.45, 2.75) is 67.3 Å². The summed E-state index contributed by atoms with van der Waals surface area (Å²) in [4.78, 5) is 30.9. The van der Waals surface area contributed by atoms with Gasteiger partial charge in [0, 0.05) is 31.4 Å². The molecule has 0 spiro atoms. The zero-order valence-corrected chi connectivity index (χ0v) is 17.6. The molecule has 2 atom stereocenters. The molecule has 0 aliphatic carbocycles. The summed E-state index contributed by atoms with van der Waals surface area (Å²) in [5.41, 5.74) is 1.13. The number of hydrogen-bond donors (Lipinski definition) is 1. The first-order valence-corrected chi connectivity index (χ1v) is 9.89. The molecule has 2 amide bonds. The molecule has 0 saturated carbocycles. The summed E-state index contributed by atoms with van der Waals surface area (Å²) in [5.74, 6) is 0.170. The van der Waals surface area contributed by atoms with Gasteiger partial charge in [0.15, 0.2) is 0 Å². The van der Waals surface area contributed by atoms with Crippen LogP contribution in [0.15, 0.2) is 24.5 Å². The number of rotatable bonds is 9. The van der Waals surface area contributed by atoms with Crippen LogP contribution in [0.4, 0.5) is 0 Å². The molecular formula is C21H37N3O2.